The maximum Gasteiger partial charge on any atom is 0.255 e. The molecule has 6 nitrogen and oxygen atoms in total. The number of rotatable bonds is 2. The number of carbonyl (C=O) groups is 1. The summed E-state index contributed by atoms with van der Waals surface area (Å²) in [6.45, 7) is 1.76. The summed E-state index contributed by atoms with van der Waals surface area (Å²) in [7, 11) is -3.42. The molecule has 3 rings (SSSR count). The number of aromatic nitrogens is 1. The largest absolute Gasteiger partial charge is 0.323 e. The zero-order valence-corrected chi connectivity index (χ0v) is 12.7. The summed E-state index contributed by atoms with van der Waals surface area (Å²) in [5.41, 5.74) is 8.05. The van der Waals surface area contributed by atoms with E-state index in [0.717, 1.165) is 0 Å². The average molecular weight is 317 g/mol. The van der Waals surface area contributed by atoms with Crippen LogP contribution >= 0.6 is 0 Å². The molecule has 0 bridgehead atoms. The Kier molecular flexibility index (Phi) is 3.46. The van der Waals surface area contributed by atoms with Crippen molar-refractivity contribution in [2.24, 2.45) is 5.73 Å². The second-order valence-corrected chi connectivity index (χ2v) is 7.29. The highest BCUT2D eigenvalue weighted by Crippen LogP contribution is 2.34. The van der Waals surface area contributed by atoms with Crippen LogP contribution in [0.2, 0.25) is 0 Å². The van der Waals surface area contributed by atoms with E-state index in [1.807, 2.05) is 0 Å². The Hall–Kier alpha value is -2.25. The first-order chi connectivity index (χ1) is 10.4. The molecule has 114 valence electrons. The van der Waals surface area contributed by atoms with Crippen molar-refractivity contribution in [2.75, 3.05) is 11.1 Å². The molecular weight excluding hydrogens is 302 g/mol. The van der Waals surface area contributed by atoms with Crippen LogP contribution < -0.4 is 11.1 Å². The highest BCUT2D eigenvalue weighted by molar-refractivity contribution is 7.91. The van der Waals surface area contributed by atoms with Crippen molar-refractivity contribution in [3.05, 3.63) is 53.3 Å². The molecule has 2 aromatic rings. The van der Waals surface area contributed by atoms with Crippen molar-refractivity contribution in [1.82, 2.24) is 4.98 Å². The summed E-state index contributed by atoms with van der Waals surface area (Å²) in [4.78, 5) is 16.4. The number of hydrogen-bond donors (Lipinski definition) is 2. The van der Waals surface area contributed by atoms with Gasteiger partial charge in [0.05, 0.1) is 10.6 Å². The number of amides is 1. The molecule has 1 amide bonds. The van der Waals surface area contributed by atoms with Gasteiger partial charge in [-0.3, -0.25) is 9.78 Å². The molecule has 0 saturated carbocycles. The maximum absolute atomic E-state index is 12.4. The predicted molar refractivity (Wildman–Crippen MR) is 82.4 cm³/mol. The molecule has 1 aromatic heterocycles. The minimum absolute atomic E-state index is 0.114. The summed E-state index contributed by atoms with van der Waals surface area (Å²) in [5, 5.41) is 2.72. The van der Waals surface area contributed by atoms with E-state index in [2.05, 4.69) is 10.3 Å². The van der Waals surface area contributed by atoms with Crippen LogP contribution in [0.1, 0.15) is 27.5 Å². The van der Waals surface area contributed by atoms with Gasteiger partial charge in [-0.2, -0.15) is 0 Å². The lowest BCUT2D eigenvalue weighted by molar-refractivity contribution is 0.102. The summed E-state index contributed by atoms with van der Waals surface area (Å²) in [5.74, 6) is -0.473. The third-order valence-corrected chi connectivity index (χ3v) is 5.49. The van der Waals surface area contributed by atoms with Crippen molar-refractivity contribution >= 4 is 21.4 Å². The van der Waals surface area contributed by atoms with Crippen molar-refractivity contribution in [1.29, 1.82) is 0 Å². The fourth-order valence-corrected chi connectivity index (χ4v) is 4.26. The fraction of sp³-hybridized carbons (Fsp3) is 0.200. The first-order valence-electron chi connectivity index (χ1n) is 6.73. The van der Waals surface area contributed by atoms with E-state index in [1.54, 1.807) is 37.5 Å². The molecule has 0 radical (unpaired) electrons. The third kappa shape index (κ3) is 2.49. The Morgan fingerprint density at radius 3 is 2.68 bits per heavy atom. The normalized spacial score (nSPS) is 18.7. The zero-order chi connectivity index (χ0) is 15.9. The molecule has 0 aliphatic carbocycles. The van der Waals surface area contributed by atoms with Gasteiger partial charge in [-0.15, -0.1) is 0 Å². The highest BCUT2D eigenvalue weighted by Gasteiger charge is 2.33. The minimum atomic E-state index is -3.42. The molecule has 2 heterocycles. The second kappa shape index (κ2) is 5.19. The van der Waals surface area contributed by atoms with Crippen LogP contribution in [-0.2, 0) is 9.84 Å². The molecule has 1 atom stereocenters. The highest BCUT2D eigenvalue weighted by atomic mass is 32.2. The lowest BCUT2D eigenvalue weighted by atomic mass is 10.0. The molecule has 1 aliphatic heterocycles. The van der Waals surface area contributed by atoms with Gasteiger partial charge in [0.2, 0.25) is 0 Å². The number of benzene rings is 1. The molecule has 0 unspecified atom stereocenters. The van der Waals surface area contributed by atoms with Crippen LogP contribution in [0.3, 0.4) is 0 Å². The van der Waals surface area contributed by atoms with Gasteiger partial charge in [0.15, 0.2) is 9.84 Å². The van der Waals surface area contributed by atoms with E-state index in [0.29, 0.717) is 22.4 Å². The van der Waals surface area contributed by atoms with Crippen LogP contribution in [0.5, 0.6) is 0 Å². The van der Waals surface area contributed by atoms with Crippen molar-refractivity contribution in [3.8, 4) is 0 Å². The van der Waals surface area contributed by atoms with Gasteiger partial charge in [0.1, 0.15) is 0 Å². The van der Waals surface area contributed by atoms with E-state index in [9.17, 15) is 13.2 Å². The van der Waals surface area contributed by atoms with E-state index < -0.39 is 15.9 Å². The van der Waals surface area contributed by atoms with Crippen LogP contribution in [-0.4, -0.2) is 25.1 Å². The lowest BCUT2D eigenvalue weighted by Gasteiger charge is -2.10. The van der Waals surface area contributed by atoms with Gasteiger partial charge in [-0.25, -0.2) is 8.42 Å². The minimum Gasteiger partial charge on any atom is -0.323 e. The number of nitrogens with two attached hydrogens (primary N) is 1. The van der Waals surface area contributed by atoms with Crippen molar-refractivity contribution in [2.45, 2.75) is 17.9 Å². The van der Waals surface area contributed by atoms with E-state index >= 15 is 0 Å². The number of nitrogens with zero attached hydrogens (tertiary/aromatic N) is 1. The van der Waals surface area contributed by atoms with Crippen LogP contribution in [0.4, 0.5) is 5.69 Å². The molecule has 7 heteroatoms. The Labute approximate surface area is 128 Å². The molecule has 1 aliphatic rings. The van der Waals surface area contributed by atoms with Gasteiger partial charge >= 0.3 is 0 Å². The number of anilines is 1. The molecule has 22 heavy (non-hydrogen) atoms. The van der Waals surface area contributed by atoms with Crippen molar-refractivity contribution in [3.63, 3.8) is 0 Å². The monoisotopic (exact) mass is 317 g/mol. The molecule has 1 aromatic carbocycles. The Bertz CT molecular complexity index is 848. The molecule has 3 N–H and O–H groups in total. The summed E-state index contributed by atoms with van der Waals surface area (Å²) >= 11 is 0. The smallest absolute Gasteiger partial charge is 0.255 e. The second-order valence-electron chi connectivity index (χ2n) is 5.28. The molecular formula is C15H15N3O3S. The fourth-order valence-electron chi connectivity index (χ4n) is 2.56. The van der Waals surface area contributed by atoms with Gasteiger partial charge in [-0.05, 0) is 36.2 Å². The topological polar surface area (TPSA) is 102 Å². The Morgan fingerprint density at radius 1 is 1.32 bits per heavy atom. The van der Waals surface area contributed by atoms with Gasteiger partial charge in [0, 0.05) is 29.7 Å². The molecule has 0 saturated heterocycles. The number of fused-ring (bicyclic) bond motifs is 1. The van der Waals surface area contributed by atoms with E-state index in [-0.39, 0.29) is 16.6 Å². The van der Waals surface area contributed by atoms with Gasteiger partial charge in [-0.1, -0.05) is 6.07 Å². The summed E-state index contributed by atoms with van der Waals surface area (Å²) < 4.78 is 24.2. The van der Waals surface area contributed by atoms with Crippen molar-refractivity contribution < 1.29 is 13.2 Å². The van der Waals surface area contributed by atoms with Crippen LogP contribution in [0.25, 0.3) is 0 Å². The van der Waals surface area contributed by atoms with E-state index in [4.69, 9.17) is 5.73 Å². The summed E-state index contributed by atoms with van der Waals surface area (Å²) in [6, 6.07) is 5.90. The predicted octanol–water partition coefficient (Wildman–Crippen LogP) is 1.43. The Balaban J connectivity index is 2.01. The first kappa shape index (κ1) is 14.7. The lowest BCUT2D eigenvalue weighted by Crippen LogP contribution is -2.14. The summed E-state index contributed by atoms with van der Waals surface area (Å²) in [6.07, 6.45) is 3.13. The Morgan fingerprint density at radius 2 is 2.00 bits per heavy atom. The van der Waals surface area contributed by atoms with Crippen LogP contribution in [0.15, 0.2) is 41.6 Å². The quantitative estimate of drug-likeness (QED) is 0.872. The van der Waals surface area contributed by atoms with E-state index in [1.165, 1.54) is 6.07 Å². The number of pyridine rings is 1. The molecule has 0 fully saturated rings. The number of carbonyl (C=O) groups excluding carboxylic acids is 1. The standard InChI is InChI=1S/C15H15N3O3S/c1-9-6-12-13(16)8-22(20,21)14(12)7-11(9)15(19)18-10-2-4-17-5-3-10/h2-7,13H,8,16H2,1H3,(H,17,18,19)/t13-/m1/s1. The van der Waals surface area contributed by atoms with Gasteiger partial charge < -0.3 is 11.1 Å². The maximum atomic E-state index is 12.4. The number of aryl methyl sites for hydroxylation is 1. The van der Waals surface area contributed by atoms with Crippen LogP contribution in [0, 0.1) is 6.92 Å². The SMILES string of the molecule is Cc1cc2c(cc1C(=O)Nc1ccncc1)S(=O)(=O)C[C@H]2N. The molecule has 0 spiro atoms. The number of hydrogen-bond acceptors (Lipinski definition) is 5. The zero-order valence-electron chi connectivity index (χ0n) is 11.9. The average Bonchev–Trinajstić information content (AvgIpc) is 2.68. The number of nitrogens with one attached hydrogen (secondary N) is 1. The van der Waals surface area contributed by atoms with Gasteiger partial charge in [0.25, 0.3) is 5.91 Å². The number of sulfone groups is 1. The third-order valence-electron chi connectivity index (χ3n) is 3.67. The first-order valence-corrected chi connectivity index (χ1v) is 8.38.